The van der Waals surface area contributed by atoms with Gasteiger partial charge in [0.2, 0.25) is 5.91 Å². The Morgan fingerprint density at radius 2 is 1.61 bits per heavy atom. The standard InChI is InChI=1S/C22H22F2N4O3/c1-15(28-14-25-17-7-3-4-8-18(17)28)20(29)26-10-12-27(13-11-26)21(30)16-6-2-5-9-19(16)31-22(23)24/h2-9,14-15,22H,10-13H2,1H3. The van der Waals surface area contributed by atoms with Crippen LogP contribution in [0.4, 0.5) is 8.78 Å². The van der Waals surface area contributed by atoms with E-state index in [0.717, 1.165) is 11.0 Å². The van der Waals surface area contributed by atoms with E-state index in [4.69, 9.17) is 0 Å². The Hall–Kier alpha value is -3.49. The molecule has 2 heterocycles. The summed E-state index contributed by atoms with van der Waals surface area (Å²) in [5, 5.41) is 0. The van der Waals surface area contributed by atoms with Crippen LogP contribution in [-0.2, 0) is 4.79 Å². The Balaban J connectivity index is 1.42. The number of hydrogen-bond donors (Lipinski definition) is 0. The van der Waals surface area contributed by atoms with Crippen LogP contribution in [0.1, 0.15) is 23.3 Å². The second kappa shape index (κ2) is 8.71. The lowest BCUT2D eigenvalue weighted by molar-refractivity contribution is -0.135. The van der Waals surface area contributed by atoms with Gasteiger partial charge in [-0.25, -0.2) is 4.98 Å². The van der Waals surface area contributed by atoms with Crippen LogP contribution < -0.4 is 4.74 Å². The SMILES string of the molecule is CC(C(=O)N1CCN(C(=O)c2ccccc2OC(F)F)CC1)n1cnc2ccccc21. The number of hydrogen-bond acceptors (Lipinski definition) is 4. The fraction of sp³-hybridized carbons (Fsp3) is 0.318. The van der Waals surface area contributed by atoms with Gasteiger partial charge < -0.3 is 19.1 Å². The monoisotopic (exact) mass is 428 g/mol. The number of fused-ring (bicyclic) bond motifs is 1. The van der Waals surface area contributed by atoms with Crippen LogP contribution in [0.5, 0.6) is 5.75 Å². The van der Waals surface area contributed by atoms with Crippen LogP contribution in [0, 0.1) is 0 Å². The molecule has 162 valence electrons. The minimum atomic E-state index is -3.01. The molecule has 1 unspecified atom stereocenters. The lowest BCUT2D eigenvalue weighted by Gasteiger charge is -2.36. The maximum atomic E-state index is 13.0. The smallest absolute Gasteiger partial charge is 0.387 e. The molecule has 7 nitrogen and oxygen atoms in total. The molecule has 0 saturated carbocycles. The zero-order valence-corrected chi connectivity index (χ0v) is 16.9. The summed E-state index contributed by atoms with van der Waals surface area (Å²) >= 11 is 0. The third-order valence-corrected chi connectivity index (χ3v) is 5.47. The number of amides is 2. The normalized spacial score (nSPS) is 15.4. The molecule has 0 spiro atoms. The molecule has 1 fully saturated rings. The number of alkyl halides is 2. The van der Waals surface area contributed by atoms with Crippen molar-refractivity contribution in [2.75, 3.05) is 26.2 Å². The molecule has 1 aromatic heterocycles. The fourth-order valence-corrected chi connectivity index (χ4v) is 3.81. The van der Waals surface area contributed by atoms with Crippen molar-refractivity contribution in [3.8, 4) is 5.75 Å². The minimum absolute atomic E-state index is 0.0586. The summed E-state index contributed by atoms with van der Waals surface area (Å²) in [5.74, 6) is -0.602. The summed E-state index contributed by atoms with van der Waals surface area (Å²) in [7, 11) is 0. The summed E-state index contributed by atoms with van der Waals surface area (Å²) < 4.78 is 31.6. The number of piperazine rings is 1. The van der Waals surface area contributed by atoms with Gasteiger partial charge in [0.1, 0.15) is 11.8 Å². The van der Waals surface area contributed by atoms with E-state index in [9.17, 15) is 18.4 Å². The average Bonchev–Trinajstić information content (AvgIpc) is 3.22. The van der Waals surface area contributed by atoms with E-state index in [1.165, 1.54) is 18.2 Å². The minimum Gasteiger partial charge on any atom is -0.434 e. The molecule has 1 aliphatic heterocycles. The van der Waals surface area contributed by atoms with Gasteiger partial charge in [0.25, 0.3) is 5.91 Å². The Labute approximate surface area is 177 Å². The molecule has 3 aromatic rings. The molecule has 0 radical (unpaired) electrons. The molecule has 1 saturated heterocycles. The predicted octanol–water partition coefficient (Wildman–Crippen LogP) is 3.18. The molecule has 0 aliphatic carbocycles. The molecule has 4 rings (SSSR count). The highest BCUT2D eigenvalue weighted by molar-refractivity contribution is 5.97. The summed E-state index contributed by atoms with van der Waals surface area (Å²) in [6.45, 7) is 0.157. The molecule has 2 amide bonds. The zero-order chi connectivity index (χ0) is 22.0. The second-order valence-corrected chi connectivity index (χ2v) is 7.31. The number of carbonyl (C=O) groups is 2. The molecule has 1 atom stereocenters. The van der Waals surface area contributed by atoms with Crippen LogP contribution in [0.25, 0.3) is 11.0 Å². The molecule has 0 N–H and O–H groups in total. The number of nitrogens with zero attached hydrogens (tertiary/aromatic N) is 4. The summed E-state index contributed by atoms with van der Waals surface area (Å²) in [5.41, 5.74) is 1.79. The van der Waals surface area contributed by atoms with Gasteiger partial charge in [-0.3, -0.25) is 9.59 Å². The molecule has 31 heavy (non-hydrogen) atoms. The Morgan fingerprint density at radius 1 is 0.968 bits per heavy atom. The van der Waals surface area contributed by atoms with E-state index < -0.39 is 18.6 Å². The highest BCUT2D eigenvalue weighted by Crippen LogP contribution is 2.24. The molecule has 0 bridgehead atoms. The van der Waals surface area contributed by atoms with Crippen molar-refractivity contribution < 1.29 is 23.1 Å². The highest BCUT2D eigenvalue weighted by Gasteiger charge is 2.29. The van der Waals surface area contributed by atoms with Crippen molar-refractivity contribution >= 4 is 22.8 Å². The molecule has 9 heteroatoms. The van der Waals surface area contributed by atoms with Gasteiger partial charge in [-0.05, 0) is 31.2 Å². The lowest BCUT2D eigenvalue weighted by atomic mass is 10.1. The zero-order valence-electron chi connectivity index (χ0n) is 16.9. The van der Waals surface area contributed by atoms with E-state index in [1.54, 1.807) is 22.2 Å². The van der Waals surface area contributed by atoms with Crippen LogP contribution >= 0.6 is 0 Å². The Morgan fingerprint density at radius 3 is 2.35 bits per heavy atom. The molecule has 2 aromatic carbocycles. The highest BCUT2D eigenvalue weighted by atomic mass is 19.3. The first-order chi connectivity index (χ1) is 15.0. The van der Waals surface area contributed by atoms with Crippen LogP contribution in [0.3, 0.4) is 0 Å². The van der Waals surface area contributed by atoms with Crippen molar-refractivity contribution in [2.24, 2.45) is 0 Å². The van der Waals surface area contributed by atoms with Gasteiger partial charge in [-0.15, -0.1) is 0 Å². The summed E-state index contributed by atoms with van der Waals surface area (Å²) in [6, 6.07) is 13.1. The number of carbonyl (C=O) groups excluding carboxylic acids is 2. The Kier molecular flexibility index (Phi) is 5.83. The topological polar surface area (TPSA) is 67.7 Å². The van der Waals surface area contributed by atoms with Crippen LogP contribution in [0.2, 0.25) is 0 Å². The third kappa shape index (κ3) is 4.21. The number of benzene rings is 2. The predicted molar refractivity (Wildman–Crippen MR) is 110 cm³/mol. The van der Waals surface area contributed by atoms with Crippen molar-refractivity contribution in [2.45, 2.75) is 19.6 Å². The van der Waals surface area contributed by atoms with Gasteiger partial charge in [-0.1, -0.05) is 24.3 Å². The average molecular weight is 428 g/mol. The second-order valence-electron chi connectivity index (χ2n) is 7.31. The number of para-hydroxylation sites is 3. The Bertz CT molecular complexity index is 1090. The van der Waals surface area contributed by atoms with E-state index in [1.807, 2.05) is 35.8 Å². The van der Waals surface area contributed by atoms with Crippen LogP contribution in [0.15, 0.2) is 54.9 Å². The first-order valence-electron chi connectivity index (χ1n) is 9.99. The number of rotatable bonds is 5. The van der Waals surface area contributed by atoms with Gasteiger partial charge in [0.15, 0.2) is 0 Å². The molecular weight excluding hydrogens is 406 g/mol. The maximum Gasteiger partial charge on any atom is 0.387 e. The van der Waals surface area contributed by atoms with Gasteiger partial charge >= 0.3 is 6.61 Å². The molecular formula is C22H22F2N4O3. The third-order valence-electron chi connectivity index (χ3n) is 5.47. The quantitative estimate of drug-likeness (QED) is 0.626. The van der Waals surface area contributed by atoms with Gasteiger partial charge in [0.05, 0.1) is 22.9 Å². The summed E-state index contributed by atoms with van der Waals surface area (Å²) in [6.07, 6.45) is 1.66. The number of ether oxygens (including phenoxy) is 1. The van der Waals surface area contributed by atoms with E-state index in [2.05, 4.69) is 9.72 Å². The maximum absolute atomic E-state index is 13.0. The fourth-order valence-electron chi connectivity index (χ4n) is 3.81. The van der Waals surface area contributed by atoms with Crippen molar-refractivity contribution in [3.63, 3.8) is 0 Å². The number of aromatic nitrogens is 2. The van der Waals surface area contributed by atoms with E-state index in [0.29, 0.717) is 26.2 Å². The largest absolute Gasteiger partial charge is 0.434 e. The number of halogens is 2. The van der Waals surface area contributed by atoms with E-state index >= 15 is 0 Å². The first-order valence-corrected chi connectivity index (χ1v) is 9.99. The number of imidazole rings is 1. The van der Waals surface area contributed by atoms with E-state index in [-0.39, 0.29) is 17.2 Å². The van der Waals surface area contributed by atoms with Crippen molar-refractivity contribution in [3.05, 3.63) is 60.4 Å². The van der Waals surface area contributed by atoms with Gasteiger partial charge in [-0.2, -0.15) is 8.78 Å². The van der Waals surface area contributed by atoms with Crippen LogP contribution in [-0.4, -0.2) is 64.0 Å². The first kappa shape index (κ1) is 20.8. The molecule has 1 aliphatic rings. The van der Waals surface area contributed by atoms with Crippen molar-refractivity contribution in [1.82, 2.24) is 19.4 Å². The van der Waals surface area contributed by atoms with Gasteiger partial charge in [0, 0.05) is 26.2 Å². The summed E-state index contributed by atoms with van der Waals surface area (Å²) in [4.78, 5) is 33.5. The van der Waals surface area contributed by atoms with Crippen molar-refractivity contribution in [1.29, 1.82) is 0 Å². The lowest BCUT2D eigenvalue weighted by Crippen LogP contribution is -2.51.